The SMILES string of the molecule is COCC(NC(=O)NC1CCC(SC)C1)C(=O)O. The molecule has 7 heteroatoms. The first-order chi connectivity index (χ1) is 8.56. The van der Waals surface area contributed by atoms with Gasteiger partial charge in [-0.05, 0) is 25.5 Å². The smallest absolute Gasteiger partial charge is 0.328 e. The zero-order chi connectivity index (χ0) is 13.5. The summed E-state index contributed by atoms with van der Waals surface area (Å²) in [5.74, 6) is -1.10. The molecule has 0 aliphatic heterocycles. The number of carboxylic acids is 1. The topological polar surface area (TPSA) is 87.7 Å². The molecule has 0 radical (unpaired) electrons. The number of carbonyl (C=O) groups is 2. The number of carboxylic acid groups (broad SMARTS) is 1. The molecule has 18 heavy (non-hydrogen) atoms. The quantitative estimate of drug-likeness (QED) is 0.663. The van der Waals surface area contributed by atoms with E-state index in [1.54, 1.807) is 11.8 Å². The van der Waals surface area contributed by atoms with Gasteiger partial charge in [-0.25, -0.2) is 9.59 Å². The Kier molecular flexibility index (Phi) is 6.28. The molecule has 0 aromatic rings. The first-order valence-corrected chi connectivity index (χ1v) is 7.17. The molecule has 1 rings (SSSR count). The van der Waals surface area contributed by atoms with Crippen molar-refractivity contribution in [3.63, 3.8) is 0 Å². The fourth-order valence-electron chi connectivity index (χ4n) is 2.01. The molecule has 1 saturated carbocycles. The molecular weight excluding hydrogens is 256 g/mol. The van der Waals surface area contributed by atoms with Gasteiger partial charge in [-0.2, -0.15) is 11.8 Å². The van der Waals surface area contributed by atoms with Gasteiger partial charge in [0.25, 0.3) is 0 Å². The summed E-state index contributed by atoms with van der Waals surface area (Å²) in [6, 6.07) is -1.31. The van der Waals surface area contributed by atoms with Gasteiger partial charge in [0.05, 0.1) is 6.61 Å². The third kappa shape index (κ3) is 4.73. The van der Waals surface area contributed by atoms with Gasteiger partial charge in [-0.1, -0.05) is 0 Å². The van der Waals surface area contributed by atoms with Gasteiger partial charge < -0.3 is 20.5 Å². The molecule has 6 nitrogen and oxygen atoms in total. The van der Waals surface area contributed by atoms with Crippen molar-refractivity contribution in [2.24, 2.45) is 0 Å². The predicted octanol–water partition coefficient (Wildman–Crippen LogP) is 0.669. The van der Waals surface area contributed by atoms with Gasteiger partial charge in [0.1, 0.15) is 0 Å². The zero-order valence-electron chi connectivity index (χ0n) is 10.6. The molecule has 1 aliphatic rings. The highest BCUT2D eigenvalue weighted by molar-refractivity contribution is 7.99. The van der Waals surface area contributed by atoms with Gasteiger partial charge >= 0.3 is 12.0 Å². The maximum Gasteiger partial charge on any atom is 0.328 e. The van der Waals surface area contributed by atoms with Crippen LogP contribution in [0.25, 0.3) is 0 Å². The predicted molar refractivity (Wildman–Crippen MR) is 69.9 cm³/mol. The second-order valence-electron chi connectivity index (χ2n) is 4.33. The number of urea groups is 1. The lowest BCUT2D eigenvalue weighted by Crippen LogP contribution is -2.50. The van der Waals surface area contributed by atoms with E-state index >= 15 is 0 Å². The molecule has 2 amide bonds. The van der Waals surface area contributed by atoms with Crippen LogP contribution in [0.3, 0.4) is 0 Å². The molecule has 3 unspecified atom stereocenters. The molecule has 0 spiro atoms. The Hall–Kier alpha value is -0.950. The Morgan fingerprint density at radius 2 is 2.22 bits per heavy atom. The van der Waals surface area contributed by atoms with Gasteiger partial charge in [-0.15, -0.1) is 0 Å². The molecule has 1 fully saturated rings. The Balaban J connectivity index is 2.34. The van der Waals surface area contributed by atoms with Crippen molar-refractivity contribution in [2.75, 3.05) is 20.0 Å². The third-order valence-corrected chi connectivity index (χ3v) is 4.08. The molecule has 3 N–H and O–H groups in total. The first kappa shape index (κ1) is 15.1. The number of amides is 2. The summed E-state index contributed by atoms with van der Waals surface area (Å²) in [4.78, 5) is 22.5. The van der Waals surface area contributed by atoms with E-state index in [9.17, 15) is 9.59 Å². The van der Waals surface area contributed by atoms with Gasteiger partial charge in [0, 0.05) is 18.4 Å². The minimum Gasteiger partial charge on any atom is -0.480 e. The fraction of sp³-hybridized carbons (Fsp3) is 0.818. The molecule has 0 bridgehead atoms. The second kappa shape index (κ2) is 7.48. The Bertz CT molecular complexity index is 301. The van der Waals surface area contributed by atoms with Crippen LogP contribution in [-0.4, -0.2) is 54.4 Å². The largest absolute Gasteiger partial charge is 0.480 e. The van der Waals surface area contributed by atoms with Crippen molar-refractivity contribution >= 4 is 23.8 Å². The Morgan fingerprint density at radius 3 is 2.72 bits per heavy atom. The summed E-state index contributed by atoms with van der Waals surface area (Å²) in [5.41, 5.74) is 0. The van der Waals surface area contributed by atoms with Crippen LogP contribution in [0.2, 0.25) is 0 Å². The molecule has 0 heterocycles. The Morgan fingerprint density at radius 1 is 1.50 bits per heavy atom. The van der Waals surface area contributed by atoms with Crippen molar-refractivity contribution < 1.29 is 19.4 Å². The van der Waals surface area contributed by atoms with E-state index in [1.165, 1.54) is 7.11 Å². The lowest BCUT2D eigenvalue weighted by molar-refractivity contribution is -0.140. The van der Waals surface area contributed by atoms with Gasteiger partial charge in [0.2, 0.25) is 0 Å². The highest BCUT2D eigenvalue weighted by Crippen LogP contribution is 2.27. The average molecular weight is 276 g/mol. The molecule has 1 aliphatic carbocycles. The summed E-state index contributed by atoms with van der Waals surface area (Å²) in [7, 11) is 1.40. The lowest BCUT2D eigenvalue weighted by Gasteiger charge is -2.17. The normalized spacial score (nSPS) is 24.6. The van der Waals surface area contributed by atoms with Crippen molar-refractivity contribution in [1.29, 1.82) is 0 Å². The van der Waals surface area contributed by atoms with Crippen molar-refractivity contribution in [3.8, 4) is 0 Å². The minimum atomic E-state index is -1.10. The van der Waals surface area contributed by atoms with Gasteiger partial charge in [0.15, 0.2) is 6.04 Å². The lowest BCUT2D eigenvalue weighted by atomic mass is 10.2. The van der Waals surface area contributed by atoms with Crippen LogP contribution in [-0.2, 0) is 9.53 Å². The highest BCUT2D eigenvalue weighted by Gasteiger charge is 2.26. The van der Waals surface area contributed by atoms with Crippen LogP contribution in [0, 0.1) is 0 Å². The standard InChI is InChI=1S/C11H20N2O4S/c1-17-6-9(10(14)15)13-11(16)12-7-3-4-8(5-7)18-2/h7-9H,3-6H2,1-2H3,(H,14,15)(H2,12,13,16). The van der Waals surface area contributed by atoms with E-state index in [0.29, 0.717) is 5.25 Å². The van der Waals surface area contributed by atoms with Crippen LogP contribution in [0.15, 0.2) is 0 Å². The number of nitrogens with one attached hydrogen (secondary N) is 2. The highest BCUT2D eigenvalue weighted by atomic mass is 32.2. The summed E-state index contributed by atoms with van der Waals surface area (Å²) >= 11 is 1.80. The van der Waals surface area contributed by atoms with E-state index in [0.717, 1.165) is 19.3 Å². The Labute approximate surface area is 111 Å². The van der Waals surface area contributed by atoms with Crippen molar-refractivity contribution in [3.05, 3.63) is 0 Å². The average Bonchev–Trinajstić information content (AvgIpc) is 2.76. The molecule has 0 aromatic carbocycles. The van der Waals surface area contributed by atoms with Crippen molar-refractivity contribution in [2.45, 2.75) is 36.6 Å². The molecule has 0 aromatic heterocycles. The molecule has 104 valence electrons. The van der Waals surface area contributed by atoms with E-state index in [1.807, 2.05) is 0 Å². The number of ether oxygens (including phenoxy) is 1. The number of hydrogen-bond donors (Lipinski definition) is 3. The number of carbonyl (C=O) groups excluding carboxylic acids is 1. The van der Waals surface area contributed by atoms with Crippen LogP contribution >= 0.6 is 11.8 Å². The van der Waals surface area contributed by atoms with Crippen molar-refractivity contribution in [1.82, 2.24) is 10.6 Å². The maximum absolute atomic E-state index is 11.6. The molecule has 3 atom stereocenters. The van der Waals surface area contributed by atoms with Crippen LogP contribution in [0.1, 0.15) is 19.3 Å². The summed E-state index contributed by atoms with van der Waals surface area (Å²) in [6.45, 7) is -0.0408. The first-order valence-electron chi connectivity index (χ1n) is 5.88. The van der Waals surface area contributed by atoms with E-state index in [4.69, 9.17) is 9.84 Å². The van der Waals surface area contributed by atoms with Gasteiger partial charge in [-0.3, -0.25) is 0 Å². The molecule has 0 saturated heterocycles. The minimum absolute atomic E-state index is 0.0408. The monoisotopic (exact) mass is 276 g/mol. The van der Waals surface area contributed by atoms with Crippen LogP contribution in [0.4, 0.5) is 4.79 Å². The number of aliphatic carboxylic acids is 1. The van der Waals surface area contributed by atoms with Crippen LogP contribution in [0.5, 0.6) is 0 Å². The third-order valence-electron chi connectivity index (χ3n) is 2.99. The second-order valence-corrected chi connectivity index (χ2v) is 5.47. The molecular formula is C11H20N2O4S. The number of thioether (sulfide) groups is 1. The van der Waals surface area contributed by atoms with E-state index in [2.05, 4.69) is 16.9 Å². The van der Waals surface area contributed by atoms with E-state index < -0.39 is 18.0 Å². The maximum atomic E-state index is 11.6. The van der Waals surface area contributed by atoms with Crippen LogP contribution < -0.4 is 10.6 Å². The number of methoxy groups -OCH3 is 1. The number of hydrogen-bond acceptors (Lipinski definition) is 4. The summed E-state index contributed by atoms with van der Waals surface area (Å²) in [6.07, 6.45) is 5.04. The zero-order valence-corrected chi connectivity index (χ0v) is 11.5. The fourth-order valence-corrected chi connectivity index (χ4v) is 2.81. The number of rotatable bonds is 6. The van der Waals surface area contributed by atoms with E-state index in [-0.39, 0.29) is 12.6 Å². The summed E-state index contributed by atoms with van der Waals surface area (Å²) < 4.78 is 4.74. The summed E-state index contributed by atoms with van der Waals surface area (Å²) in [5, 5.41) is 14.7.